The molecule has 2 aliphatic carbocycles. The Labute approximate surface area is 123 Å². The molecule has 5 atom stereocenters. The molecule has 2 saturated carbocycles. The molecular formula is C17H17NO3. The molecule has 0 aromatic heterocycles. The first-order chi connectivity index (χ1) is 10.2. The van der Waals surface area contributed by atoms with Gasteiger partial charge in [-0.3, -0.25) is 9.59 Å². The van der Waals surface area contributed by atoms with Crippen LogP contribution in [-0.4, -0.2) is 24.5 Å². The molecule has 4 nitrogen and oxygen atoms in total. The quantitative estimate of drug-likeness (QED) is 0.738. The van der Waals surface area contributed by atoms with Gasteiger partial charge < -0.3 is 9.64 Å². The van der Waals surface area contributed by atoms with Crippen molar-refractivity contribution in [2.24, 2.45) is 23.7 Å². The Balaban J connectivity index is 1.49. The van der Waals surface area contributed by atoms with Gasteiger partial charge in [-0.15, -0.1) is 0 Å². The van der Waals surface area contributed by atoms with Crippen LogP contribution in [0.25, 0.3) is 0 Å². The molecule has 1 aromatic rings. The lowest BCUT2D eigenvalue weighted by atomic mass is 9.79. The zero-order valence-corrected chi connectivity index (χ0v) is 11.7. The molecule has 1 aromatic carbocycles. The van der Waals surface area contributed by atoms with Gasteiger partial charge in [0.25, 0.3) is 0 Å². The highest BCUT2D eigenvalue weighted by atomic mass is 16.6. The zero-order chi connectivity index (χ0) is 14.1. The Bertz CT molecular complexity index is 653. The Morgan fingerprint density at radius 3 is 3.00 bits per heavy atom. The average Bonchev–Trinajstić information content (AvgIpc) is 3.19. The molecule has 2 bridgehead atoms. The SMILES string of the molecule is O=C1O[C@@H]2C[C@H]3C[C@H]2[C@@H]1[C@@H]3C(=O)N1CCc2ccccc21. The highest BCUT2D eigenvalue weighted by molar-refractivity contribution is 6.00. The van der Waals surface area contributed by atoms with Gasteiger partial charge in [-0.2, -0.15) is 0 Å². The van der Waals surface area contributed by atoms with E-state index in [1.165, 1.54) is 5.56 Å². The van der Waals surface area contributed by atoms with E-state index in [1.807, 2.05) is 23.1 Å². The molecule has 1 amide bonds. The van der Waals surface area contributed by atoms with Crippen molar-refractivity contribution in [1.82, 2.24) is 0 Å². The van der Waals surface area contributed by atoms with E-state index >= 15 is 0 Å². The number of hydrogen-bond acceptors (Lipinski definition) is 3. The van der Waals surface area contributed by atoms with Gasteiger partial charge in [0.05, 0.1) is 11.8 Å². The lowest BCUT2D eigenvalue weighted by molar-refractivity contribution is -0.145. The number of hydrogen-bond donors (Lipinski definition) is 0. The Kier molecular flexibility index (Phi) is 2.17. The van der Waals surface area contributed by atoms with Gasteiger partial charge >= 0.3 is 5.97 Å². The summed E-state index contributed by atoms with van der Waals surface area (Å²) >= 11 is 0. The standard InChI is InChI=1S/C17H17NO3/c19-16(18-6-5-9-3-1-2-4-12(9)18)14-10-7-11-13(8-10)21-17(20)15(11)14/h1-4,10-11,13-15H,5-8H2/t10-,11-,13-,14-,15-/m1/s1. The van der Waals surface area contributed by atoms with Crippen molar-refractivity contribution in [1.29, 1.82) is 0 Å². The molecule has 2 aliphatic heterocycles. The fourth-order valence-corrected chi connectivity index (χ4v) is 5.09. The fraction of sp³-hybridized carbons (Fsp3) is 0.529. The third-order valence-corrected chi connectivity index (χ3v) is 5.92. The van der Waals surface area contributed by atoms with E-state index in [9.17, 15) is 9.59 Å². The number of amides is 1. The molecule has 0 spiro atoms. The van der Waals surface area contributed by atoms with Crippen LogP contribution in [0.5, 0.6) is 0 Å². The number of carbonyl (C=O) groups is 2. The second-order valence-corrected chi connectivity index (χ2v) is 6.79. The molecule has 108 valence electrons. The maximum atomic E-state index is 13.1. The first kappa shape index (κ1) is 11.8. The number of rotatable bonds is 1. The van der Waals surface area contributed by atoms with Crippen LogP contribution in [0.4, 0.5) is 5.69 Å². The van der Waals surface area contributed by atoms with E-state index in [1.54, 1.807) is 0 Å². The van der Waals surface area contributed by atoms with Crippen LogP contribution in [0.1, 0.15) is 18.4 Å². The van der Waals surface area contributed by atoms with E-state index < -0.39 is 0 Å². The molecular weight excluding hydrogens is 266 g/mol. The molecule has 21 heavy (non-hydrogen) atoms. The summed E-state index contributed by atoms with van der Waals surface area (Å²) in [4.78, 5) is 27.0. The van der Waals surface area contributed by atoms with E-state index in [2.05, 4.69) is 6.07 Å². The second kappa shape index (κ2) is 3.87. The number of carbonyl (C=O) groups excluding carboxylic acids is 2. The van der Waals surface area contributed by atoms with Crippen LogP contribution in [0.15, 0.2) is 24.3 Å². The van der Waals surface area contributed by atoms with Crippen molar-refractivity contribution in [2.45, 2.75) is 25.4 Å². The van der Waals surface area contributed by atoms with Crippen molar-refractivity contribution in [3.63, 3.8) is 0 Å². The maximum absolute atomic E-state index is 13.1. The predicted molar refractivity (Wildman–Crippen MR) is 75.6 cm³/mol. The smallest absolute Gasteiger partial charge is 0.310 e. The van der Waals surface area contributed by atoms with Crippen LogP contribution in [0.3, 0.4) is 0 Å². The number of para-hydroxylation sites is 1. The number of benzene rings is 1. The third-order valence-electron chi connectivity index (χ3n) is 5.92. The van der Waals surface area contributed by atoms with Crippen molar-refractivity contribution >= 4 is 17.6 Å². The minimum atomic E-state index is -0.172. The highest BCUT2D eigenvalue weighted by Crippen LogP contribution is 2.58. The van der Waals surface area contributed by atoms with Gasteiger partial charge in [-0.1, -0.05) is 18.2 Å². The lowest BCUT2D eigenvalue weighted by Crippen LogP contribution is -2.42. The van der Waals surface area contributed by atoms with Gasteiger partial charge in [-0.05, 0) is 36.8 Å². The normalized spacial score (nSPS) is 38.8. The van der Waals surface area contributed by atoms with Gasteiger partial charge in [0.1, 0.15) is 6.10 Å². The lowest BCUT2D eigenvalue weighted by Gasteiger charge is -2.28. The molecule has 5 rings (SSSR count). The van der Waals surface area contributed by atoms with Gasteiger partial charge in [0, 0.05) is 18.2 Å². The van der Waals surface area contributed by atoms with E-state index in [-0.39, 0.29) is 29.8 Å². The summed E-state index contributed by atoms with van der Waals surface area (Å²) < 4.78 is 5.44. The topological polar surface area (TPSA) is 46.6 Å². The van der Waals surface area contributed by atoms with Gasteiger partial charge in [-0.25, -0.2) is 0 Å². The van der Waals surface area contributed by atoms with E-state index in [0.717, 1.165) is 31.5 Å². The summed E-state index contributed by atoms with van der Waals surface area (Å²) in [6, 6.07) is 8.10. The average molecular weight is 283 g/mol. The van der Waals surface area contributed by atoms with Crippen molar-refractivity contribution in [2.75, 3.05) is 11.4 Å². The summed E-state index contributed by atoms with van der Waals surface area (Å²) in [6.45, 7) is 0.747. The number of esters is 1. The number of ether oxygens (including phenoxy) is 1. The van der Waals surface area contributed by atoms with Crippen molar-refractivity contribution in [3.8, 4) is 0 Å². The van der Waals surface area contributed by atoms with E-state index in [0.29, 0.717) is 11.8 Å². The molecule has 4 heteroatoms. The van der Waals surface area contributed by atoms with Crippen LogP contribution >= 0.6 is 0 Å². The summed E-state index contributed by atoms with van der Waals surface area (Å²) in [5.41, 5.74) is 2.27. The summed E-state index contributed by atoms with van der Waals surface area (Å²) in [6.07, 6.45) is 2.90. The molecule has 0 N–H and O–H groups in total. The summed E-state index contributed by atoms with van der Waals surface area (Å²) in [5, 5.41) is 0. The highest BCUT2D eigenvalue weighted by Gasteiger charge is 2.64. The Hall–Kier alpha value is -1.84. The second-order valence-electron chi connectivity index (χ2n) is 6.79. The minimum Gasteiger partial charge on any atom is -0.462 e. The number of anilines is 1. The van der Waals surface area contributed by atoms with Gasteiger partial charge in [0.2, 0.25) is 5.91 Å². The summed E-state index contributed by atoms with van der Waals surface area (Å²) in [5.74, 6) is 0.345. The van der Waals surface area contributed by atoms with Crippen LogP contribution < -0.4 is 4.90 Å². The minimum absolute atomic E-state index is 0.0995. The first-order valence-electron chi connectivity index (χ1n) is 7.84. The van der Waals surface area contributed by atoms with Crippen molar-refractivity contribution in [3.05, 3.63) is 29.8 Å². The maximum Gasteiger partial charge on any atom is 0.310 e. The molecule has 0 radical (unpaired) electrons. The first-order valence-corrected chi connectivity index (χ1v) is 7.84. The largest absolute Gasteiger partial charge is 0.462 e. The van der Waals surface area contributed by atoms with Crippen LogP contribution in [0.2, 0.25) is 0 Å². The molecule has 3 fully saturated rings. The van der Waals surface area contributed by atoms with Crippen molar-refractivity contribution < 1.29 is 14.3 Å². The fourth-order valence-electron chi connectivity index (χ4n) is 5.09. The molecule has 0 unspecified atom stereocenters. The molecule has 2 heterocycles. The predicted octanol–water partition coefficient (Wildman–Crippen LogP) is 1.77. The summed E-state index contributed by atoms with van der Waals surface area (Å²) in [7, 11) is 0. The van der Waals surface area contributed by atoms with Crippen LogP contribution in [0, 0.1) is 23.7 Å². The van der Waals surface area contributed by atoms with Gasteiger partial charge in [0.15, 0.2) is 0 Å². The zero-order valence-electron chi connectivity index (χ0n) is 11.7. The van der Waals surface area contributed by atoms with Crippen LogP contribution in [-0.2, 0) is 20.7 Å². The number of nitrogens with zero attached hydrogens (tertiary/aromatic N) is 1. The molecule has 4 aliphatic rings. The number of fused-ring (bicyclic) bond motifs is 2. The Morgan fingerprint density at radius 2 is 2.10 bits per heavy atom. The van der Waals surface area contributed by atoms with E-state index in [4.69, 9.17) is 4.74 Å². The Morgan fingerprint density at radius 1 is 1.24 bits per heavy atom. The monoisotopic (exact) mass is 283 g/mol. The third kappa shape index (κ3) is 1.40. The molecule has 1 saturated heterocycles.